The van der Waals surface area contributed by atoms with Crippen molar-refractivity contribution >= 4 is 0 Å². The molecule has 0 aromatic heterocycles. The number of benzene rings is 1. The highest BCUT2D eigenvalue weighted by molar-refractivity contribution is 5.47. The average molecular weight is 223 g/mol. The van der Waals surface area contributed by atoms with Gasteiger partial charge in [-0.3, -0.25) is 0 Å². The van der Waals surface area contributed by atoms with Crippen molar-refractivity contribution in [2.24, 2.45) is 0 Å². The summed E-state index contributed by atoms with van der Waals surface area (Å²) in [5.41, 5.74) is 5.54. The van der Waals surface area contributed by atoms with Crippen LogP contribution in [0.3, 0.4) is 0 Å². The van der Waals surface area contributed by atoms with Crippen LogP contribution in [0.15, 0.2) is 12.1 Å². The Bertz CT molecular complexity index is 367. The van der Waals surface area contributed by atoms with Crippen molar-refractivity contribution in [3.05, 3.63) is 28.8 Å². The first-order chi connectivity index (χ1) is 7.40. The van der Waals surface area contributed by atoms with Gasteiger partial charge in [-0.15, -0.1) is 0 Å². The number of ether oxygens (including phenoxy) is 1. The summed E-state index contributed by atoms with van der Waals surface area (Å²) in [5.74, 6) is 0.861. The smallest absolute Gasteiger partial charge is 0.127 e. The molecule has 0 amide bonds. The minimum Gasteiger partial charge on any atom is -0.496 e. The van der Waals surface area contributed by atoms with Gasteiger partial charge in [0.05, 0.1) is 7.11 Å². The fourth-order valence-corrected chi connectivity index (χ4v) is 1.86. The van der Waals surface area contributed by atoms with Gasteiger partial charge in [0.15, 0.2) is 0 Å². The van der Waals surface area contributed by atoms with Crippen molar-refractivity contribution in [2.75, 3.05) is 7.11 Å². The molecular weight excluding hydrogens is 202 g/mol. The molecule has 0 bridgehead atoms. The van der Waals surface area contributed by atoms with E-state index in [0.717, 1.165) is 11.3 Å². The van der Waals surface area contributed by atoms with E-state index in [1.54, 1.807) is 7.11 Å². The molecular formula is C13H21NO2. The molecule has 0 unspecified atom stereocenters. The molecule has 0 atom stereocenters. The van der Waals surface area contributed by atoms with Gasteiger partial charge in [0.2, 0.25) is 0 Å². The van der Waals surface area contributed by atoms with E-state index < -0.39 is 0 Å². The first kappa shape index (κ1) is 13.0. The fraction of sp³-hybridized carbons (Fsp3) is 0.538. The van der Waals surface area contributed by atoms with E-state index in [0.29, 0.717) is 6.54 Å². The Hall–Kier alpha value is -1.06. The standard InChI is InChI=1S/C13H21NO2/c1-9-6-10(8-14-15)12(16-5)11(7-9)13(2,3)4/h6-7,14-15H,8H2,1-5H3. The molecule has 0 spiro atoms. The highest BCUT2D eigenvalue weighted by Crippen LogP contribution is 2.35. The van der Waals surface area contributed by atoms with Crippen LogP contribution in [-0.2, 0) is 12.0 Å². The van der Waals surface area contributed by atoms with Crippen molar-refractivity contribution in [3.8, 4) is 5.75 Å². The highest BCUT2D eigenvalue weighted by atomic mass is 16.5. The lowest BCUT2D eigenvalue weighted by Gasteiger charge is -2.24. The zero-order chi connectivity index (χ0) is 12.3. The Labute approximate surface area is 97.4 Å². The van der Waals surface area contributed by atoms with E-state index in [9.17, 15) is 0 Å². The Morgan fingerprint density at radius 2 is 1.94 bits per heavy atom. The predicted molar refractivity (Wildman–Crippen MR) is 65.1 cm³/mol. The Kier molecular flexibility index (Phi) is 3.94. The number of hydrogen-bond donors (Lipinski definition) is 2. The van der Waals surface area contributed by atoms with Crippen LogP contribution < -0.4 is 10.2 Å². The van der Waals surface area contributed by atoms with Crippen molar-refractivity contribution in [2.45, 2.75) is 39.7 Å². The second-order valence-corrected chi connectivity index (χ2v) is 5.09. The maximum absolute atomic E-state index is 8.82. The largest absolute Gasteiger partial charge is 0.496 e. The molecule has 3 nitrogen and oxygen atoms in total. The number of rotatable bonds is 3. The Balaban J connectivity index is 3.36. The van der Waals surface area contributed by atoms with E-state index in [1.807, 2.05) is 6.07 Å². The van der Waals surface area contributed by atoms with Gasteiger partial charge in [-0.1, -0.05) is 38.5 Å². The van der Waals surface area contributed by atoms with Crippen LogP contribution in [0.5, 0.6) is 5.75 Å². The van der Waals surface area contributed by atoms with Crippen molar-refractivity contribution < 1.29 is 9.94 Å². The molecule has 0 radical (unpaired) electrons. The van der Waals surface area contributed by atoms with Gasteiger partial charge >= 0.3 is 0 Å². The monoisotopic (exact) mass is 223 g/mol. The van der Waals surface area contributed by atoms with Crippen LogP contribution in [0.4, 0.5) is 0 Å². The summed E-state index contributed by atoms with van der Waals surface area (Å²) in [6, 6.07) is 4.16. The summed E-state index contributed by atoms with van der Waals surface area (Å²) < 4.78 is 5.46. The average Bonchev–Trinajstić information content (AvgIpc) is 2.16. The third-order valence-electron chi connectivity index (χ3n) is 2.59. The van der Waals surface area contributed by atoms with E-state index in [4.69, 9.17) is 9.94 Å². The summed E-state index contributed by atoms with van der Waals surface area (Å²) in [7, 11) is 1.67. The van der Waals surface area contributed by atoms with Gasteiger partial charge in [0.25, 0.3) is 0 Å². The molecule has 1 aromatic carbocycles. The van der Waals surface area contributed by atoms with Gasteiger partial charge in [0, 0.05) is 17.7 Å². The number of methoxy groups -OCH3 is 1. The van der Waals surface area contributed by atoms with Crippen LogP contribution in [0.1, 0.15) is 37.5 Å². The summed E-state index contributed by atoms with van der Waals surface area (Å²) in [4.78, 5) is 0. The number of hydroxylamine groups is 1. The lowest BCUT2D eigenvalue weighted by Crippen LogP contribution is -2.16. The topological polar surface area (TPSA) is 41.5 Å². The number of hydrogen-bond acceptors (Lipinski definition) is 3. The van der Waals surface area contributed by atoms with Crippen LogP contribution in [0.2, 0.25) is 0 Å². The molecule has 0 heterocycles. The van der Waals surface area contributed by atoms with Crippen LogP contribution in [0.25, 0.3) is 0 Å². The van der Waals surface area contributed by atoms with Crippen molar-refractivity contribution in [3.63, 3.8) is 0 Å². The summed E-state index contributed by atoms with van der Waals surface area (Å²) in [6.07, 6.45) is 0. The summed E-state index contributed by atoms with van der Waals surface area (Å²) >= 11 is 0. The van der Waals surface area contributed by atoms with E-state index in [1.165, 1.54) is 11.1 Å². The van der Waals surface area contributed by atoms with E-state index in [-0.39, 0.29) is 5.41 Å². The lowest BCUT2D eigenvalue weighted by molar-refractivity contribution is 0.160. The van der Waals surface area contributed by atoms with Crippen molar-refractivity contribution in [1.29, 1.82) is 0 Å². The molecule has 3 heteroatoms. The first-order valence-corrected chi connectivity index (χ1v) is 5.45. The van der Waals surface area contributed by atoms with Gasteiger partial charge in [-0.25, -0.2) is 5.48 Å². The molecule has 90 valence electrons. The van der Waals surface area contributed by atoms with Crippen LogP contribution in [-0.4, -0.2) is 12.3 Å². The maximum Gasteiger partial charge on any atom is 0.127 e. The Morgan fingerprint density at radius 1 is 1.31 bits per heavy atom. The van der Waals surface area contributed by atoms with Crippen molar-refractivity contribution in [1.82, 2.24) is 5.48 Å². The third-order valence-corrected chi connectivity index (χ3v) is 2.59. The SMILES string of the molecule is COc1c(CNO)cc(C)cc1C(C)(C)C. The lowest BCUT2D eigenvalue weighted by atomic mass is 9.84. The van der Waals surface area contributed by atoms with Gasteiger partial charge < -0.3 is 9.94 Å². The van der Waals surface area contributed by atoms with E-state index in [2.05, 4.69) is 39.2 Å². The molecule has 0 aliphatic heterocycles. The minimum absolute atomic E-state index is 0.0293. The van der Waals surface area contributed by atoms with Crippen LogP contribution in [0, 0.1) is 6.92 Å². The summed E-state index contributed by atoms with van der Waals surface area (Å²) in [6.45, 7) is 8.91. The predicted octanol–water partition coefficient (Wildman–Crippen LogP) is 2.78. The zero-order valence-electron chi connectivity index (χ0n) is 10.7. The van der Waals surface area contributed by atoms with Crippen LogP contribution >= 0.6 is 0 Å². The Morgan fingerprint density at radius 3 is 2.38 bits per heavy atom. The molecule has 16 heavy (non-hydrogen) atoms. The first-order valence-electron chi connectivity index (χ1n) is 5.45. The molecule has 1 aromatic rings. The maximum atomic E-state index is 8.82. The third kappa shape index (κ3) is 2.74. The number of nitrogens with one attached hydrogen (secondary N) is 1. The second kappa shape index (κ2) is 4.85. The van der Waals surface area contributed by atoms with Gasteiger partial charge in [-0.2, -0.15) is 0 Å². The molecule has 0 saturated heterocycles. The van der Waals surface area contributed by atoms with E-state index >= 15 is 0 Å². The minimum atomic E-state index is 0.0293. The molecule has 0 fully saturated rings. The fourth-order valence-electron chi connectivity index (χ4n) is 1.86. The molecule has 0 aliphatic carbocycles. The van der Waals surface area contributed by atoms with Gasteiger partial charge in [0.1, 0.15) is 5.75 Å². The summed E-state index contributed by atoms with van der Waals surface area (Å²) in [5, 5.41) is 8.82. The second-order valence-electron chi connectivity index (χ2n) is 5.09. The highest BCUT2D eigenvalue weighted by Gasteiger charge is 2.21. The molecule has 0 saturated carbocycles. The molecule has 1 rings (SSSR count). The quantitative estimate of drug-likeness (QED) is 0.774. The normalized spacial score (nSPS) is 11.6. The molecule has 0 aliphatic rings. The zero-order valence-corrected chi connectivity index (χ0v) is 10.7. The van der Waals surface area contributed by atoms with Gasteiger partial charge in [-0.05, 0) is 12.3 Å². The number of aryl methyl sites for hydroxylation is 1. The molecule has 2 N–H and O–H groups in total.